The smallest absolute Gasteiger partial charge is 0.160 e. The van der Waals surface area contributed by atoms with Crippen LogP contribution < -0.4 is 14.4 Å². The number of hydrogen-bond donors (Lipinski definition) is 0. The van der Waals surface area contributed by atoms with E-state index >= 15 is 0 Å². The fourth-order valence-electron chi connectivity index (χ4n) is 4.03. The molecule has 3 rings (SSSR count). The fourth-order valence-corrected chi connectivity index (χ4v) is 4.03. The molecule has 1 fully saturated rings. The summed E-state index contributed by atoms with van der Waals surface area (Å²) in [5.74, 6) is 2.68. The van der Waals surface area contributed by atoms with E-state index in [1.54, 1.807) is 14.2 Å². The molecule has 0 N–H and O–H groups in total. The van der Waals surface area contributed by atoms with Crippen molar-refractivity contribution in [2.75, 3.05) is 38.8 Å². The Morgan fingerprint density at radius 2 is 1.74 bits per heavy atom. The first-order chi connectivity index (χ1) is 13.1. The van der Waals surface area contributed by atoms with Crippen molar-refractivity contribution in [2.45, 2.75) is 38.8 Å². The summed E-state index contributed by atoms with van der Waals surface area (Å²) in [4.78, 5) is 9.54. The molecule has 5 nitrogen and oxygen atoms in total. The highest BCUT2D eigenvalue weighted by molar-refractivity contribution is 5.43. The largest absolute Gasteiger partial charge is 0.493 e. The van der Waals surface area contributed by atoms with Crippen molar-refractivity contribution in [3.05, 3.63) is 48.2 Å². The average molecular weight is 370 g/mol. The fraction of sp³-hybridized carbons (Fsp3) is 0.500. The molecule has 0 radical (unpaired) electrons. The van der Waals surface area contributed by atoms with E-state index < -0.39 is 0 Å². The maximum absolute atomic E-state index is 5.41. The van der Waals surface area contributed by atoms with Gasteiger partial charge in [0.15, 0.2) is 11.5 Å². The third kappa shape index (κ3) is 4.72. The third-order valence-electron chi connectivity index (χ3n) is 5.40. The second-order valence-electron chi connectivity index (χ2n) is 7.32. The molecule has 1 aromatic carbocycles. The Balaban J connectivity index is 1.54. The highest BCUT2D eigenvalue weighted by Crippen LogP contribution is 2.28. The molecule has 0 aliphatic carbocycles. The molecule has 0 bridgehead atoms. The molecule has 0 amide bonds. The lowest BCUT2D eigenvalue weighted by Crippen LogP contribution is -2.57. The summed E-state index contributed by atoms with van der Waals surface area (Å²) in [7, 11) is 3.36. The summed E-state index contributed by atoms with van der Waals surface area (Å²) in [5.41, 5.74) is 1.29. The number of anilines is 1. The highest BCUT2D eigenvalue weighted by Gasteiger charge is 2.29. The van der Waals surface area contributed by atoms with Crippen LogP contribution in [0.15, 0.2) is 42.6 Å². The van der Waals surface area contributed by atoms with E-state index in [0.717, 1.165) is 49.8 Å². The van der Waals surface area contributed by atoms with Crippen molar-refractivity contribution in [1.29, 1.82) is 0 Å². The van der Waals surface area contributed by atoms with E-state index in [-0.39, 0.29) is 0 Å². The zero-order valence-electron chi connectivity index (χ0n) is 16.9. The van der Waals surface area contributed by atoms with E-state index in [1.165, 1.54) is 5.56 Å². The molecule has 0 unspecified atom stereocenters. The Morgan fingerprint density at radius 1 is 1.00 bits per heavy atom. The summed E-state index contributed by atoms with van der Waals surface area (Å²) < 4.78 is 10.7. The number of aryl methyl sites for hydroxylation is 1. The summed E-state index contributed by atoms with van der Waals surface area (Å²) >= 11 is 0. The van der Waals surface area contributed by atoms with Crippen LogP contribution in [-0.2, 0) is 6.42 Å². The molecule has 0 saturated carbocycles. The van der Waals surface area contributed by atoms with Gasteiger partial charge in [0.05, 0.1) is 14.2 Å². The zero-order valence-corrected chi connectivity index (χ0v) is 16.9. The molecule has 0 spiro atoms. The Labute approximate surface area is 162 Å². The lowest BCUT2D eigenvalue weighted by Gasteiger charge is -2.45. The van der Waals surface area contributed by atoms with Gasteiger partial charge in [-0.15, -0.1) is 0 Å². The number of ether oxygens (including phenoxy) is 2. The van der Waals surface area contributed by atoms with Crippen LogP contribution in [0.4, 0.5) is 5.82 Å². The van der Waals surface area contributed by atoms with Crippen LogP contribution in [0.5, 0.6) is 11.5 Å². The number of aromatic nitrogens is 1. The van der Waals surface area contributed by atoms with Crippen LogP contribution >= 0.6 is 0 Å². The van der Waals surface area contributed by atoms with Gasteiger partial charge in [-0.2, -0.15) is 0 Å². The van der Waals surface area contributed by atoms with Gasteiger partial charge >= 0.3 is 0 Å². The van der Waals surface area contributed by atoms with Crippen LogP contribution in [0.1, 0.15) is 25.8 Å². The zero-order chi connectivity index (χ0) is 19.2. The molecule has 1 aromatic heterocycles. The number of piperazine rings is 1. The minimum atomic E-state index is 0.515. The number of methoxy groups -OCH3 is 2. The maximum Gasteiger partial charge on any atom is 0.160 e. The van der Waals surface area contributed by atoms with Crippen molar-refractivity contribution < 1.29 is 9.47 Å². The molecule has 27 heavy (non-hydrogen) atoms. The third-order valence-corrected chi connectivity index (χ3v) is 5.40. The monoisotopic (exact) mass is 369 g/mol. The van der Waals surface area contributed by atoms with Gasteiger partial charge in [-0.25, -0.2) is 4.98 Å². The van der Waals surface area contributed by atoms with Crippen molar-refractivity contribution in [1.82, 2.24) is 9.88 Å². The molecule has 2 aromatic rings. The quantitative estimate of drug-likeness (QED) is 0.745. The normalized spacial score (nSPS) is 20.5. The maximum atomic E-state index is 5.41. The standard InChI is InChI=1S/C22H31N3O2/c1-17-15-24(22-9-5-6-12-23-22)16-18(2)25(17)13-7-8-19-10-11-20(26-3)21(14-19)27-4/h5-6,9-12,14,17-18H,7-8,13,15-16H2,1-4H3/t17-,18-/m0/s1. The predicted octanol–water partition coefficient (Wildman–Crippen LogP) is 3.63. The second kappa shape index (κ2) is 9.09. The van der Waals surface area contributed by atoms with Crippen LogP contribution in [-0.4, -0.2) is 55.8 Å². The lowest BCUT2D eigenvalue weighted by atomic mass is 10.0. The summed E-state index contributed by atoms with van der Waals surface area (Å²) in [6.07, 6.45) is 4.05. The molecule has 2 atom stereocenters. The minimum Gasteiger partial charge on any atom is -0.493 e. The second-order valence-corrected chi connectivity index (χ2v) is 7.32. The van der Waals surface area contributed by atoms with Gasteiger partial charge in [0.2, 0.25) is 0 Å². The Bertz CT molecular complexity index is 711. The summed E-state index contributed by atoms with van der Waals surface area (Å²) in [6.45, 7) is 7.80. The molecule has 1 saturated heterocycles. The van der Waals surface area contributed by atoms with Crippen molar-refractivity contribution in [3.8, 4) is 11.5 Å². The number of benzene rings is 1. The average Bonchev–Trinajstić information content (AvgIpc) is 2.70. The first kappa shape index (κ1) is 19.5. The molecular formula is C22H31N3O2. The van der Waals surface area contributed by atoms with E-state index in [1.807, 2.05) is 18.3 Å². The Morgan fingerprint density at radius 3 is 2.37 bits per heavy atom. The van der Waals surface area contributed by atoms with E-state index in [0.29, 0.717) is 12.1 Å². The van der Waals surface area contributed by atoms with Gasteiger partial charge in [-0.1, -0.05) is 12.1 Å². The van der Waals surface area contributed by atoms with Crippen LogP contribution in [0.3, 0.4) is 0 Å². The van der Waals surface area contributed by atoms with Gasteiger partial charge in [0.25, 0.3) is 0 Å². The highest BCUT2D eigenvalue weighted by atomic mass is 16.5. The van der Waals surface area contributed by atoms with Gasteiger partial charge in [0.1, 0.15) is 5.82 Å². The van der Waals surface area contributed by atoms with Gasteiger partial charge in [-0.3, -0.25) is 4.90 Å². The number of rotatable bonds is 7. The Hall–Kier alpha value is -2.27. The van der Waals surface area contributed by atoms with Gasteiger partial charge in [0, 0.05) is 31.4 Å². The number of hydrogen-bond acceptors (Lipinski definition) is 5. The number of pyridine rings is 1. The van der Waals surface area contributed by atoms with E-state index in [9.17, 15) is 0 Å². The predicted molar refractivity (Wildman–Crippen MR) is 110 cm³/mol. The molecular weight excluding hydrogens is 338 g/mol. The molecule has 2 heterocycles. The first-order valence-electron chi connectivity index (χ1n) is 9.75. The van der Waals surface area contributed by atoms with Crippen molar-refractivity contribution in [3.63, 3.8) is 0 Å². The van der Waals surface area contributed by atoms with Gasteiger partial charge in [-0.05, 0) is 63.1 Å². The van der Waals surface area contributed by atoms with Crippen molar-refractivity contribution >= 4 is 5.82 Å². The summed E-state index contributed by atoms with van der Waals surface area (Å²) in [6, 6.07) is 13.4. The van der Waals surface area contributed by atoms with Crippen LogP contribution in [0.2, 0.25) is 0 Å². The lowest BCUT2D eigenvalue weighted by molar-refractivity contribution is 0.130. The summed E-state index contributed by atoms with van der Waals surface area (Å²) in [5, 5.41) is 0. The van der Waals surface area contributed by atoms with E-state index in [4.69, 9.17) is 9.47 Å². The van der Waals surface area contributed by atoms with Crippen LogP contribution in [0.25, 0.3) is 0 Å². The van der Waals surface area contributed by atoms with Gasteiger partial charge < -0.3 is 14.4 Å². The Kier molecular flexibility index (Phi) is 6.56. The van der Waals surface area contributed by atoms with Crippen LogP contribution in [0, 0.1) is 0 Å². The topological polar surface area (TPSA) is 37.8 Å². The van der Waals surface area contributed by atoms with Crippen molar-refractivity contribution in [2.24, 2.45) is 0 Å². The molecule has 1 aliphatic rings. The minimum absolute atomic E-state index is 0.515. The molecule has 5 heteroatoms. The number of nitrogens with zero attached hydrogens (tertiary/aromatic N) is 3. The first-order valence-corrected chi connectivity index (χ1v) is 9.75. The molecule has 1 aliphatic heterocycles. The SMILES string of the molecule is COc1ccc(CCCN2[C@@H](C)CN(c3ccccn3)C[C@@H]2C)cc1OC. The molecule has 146 valence electrons. The van der Waals surface area contributed by atoms with E-state index in [2.05, 4.69) is 52.9 Å².